The molecule has 1 atom stereocenters. The molecule has 3 N–H and O–H groups in total. The van der Waals surface area contributed by atoms with Crippen LogP contribution >= 0.6 is 11.3 Å². The van der Waals surface area contributed by atoms with Crippen LogP contribution in [0.5, 0.6) is 0 Å². The summed E-state index contributed by atoms with van der Waals surface area (Å²) in [7, 11) is 0. The number of carbonyl (C=O) groups is 1. The fraction of sp³-hybridized carbons (Fsp3) is 0.143. The molecule has 6 nitrogen and oxygen atoms in total. The topological polar surface area (TPSA) is 93.8 Å². The van der Waals surface area contributed by atoms with Crippen LogP contribution in [0.4, 0.5) is 5.13 Å². The van der Waals surface area contributed by atoms with E-state index in [1.54, 1.807) is 24.5 Å². The summed E-state index contributed by atoms with van der Waals surface area (Å²) in [6.45, 7) is 1.85. The Balaban J connectivity index is 1.90. The lowest BCUT2D eigenvalue weighted by atomic mass is 10.1. The second-order valence-electron chi connectivity index (χ2n) is 4.55. The molecule has 2 heterocycles. The number of amides is 1. The van der Waals surface area contributed by atoms with Gasteiger partial charge in [-0.25, -0.2) is 4.98 Å². The number of nitrogens with one attached hydrogen (secondary N) is 1. The predicted octanol–water partition coefficient (Wildman–Crippen LogP) is 2.36. The lowest BCUT2D eigenvalue weighted by Crippen LogP contribution is -2.13. The lowest BCUT2D eigenvalue weighted by Gasteiger charge is -2.04. The number of benzene rings is 1. The van der Waals surface area contributed by atoms with Crippen LogP contribution in [0.3, 0.4) is 0 Å². The lowest BCUT2D eigenvalue weighted by molar-refractivity contribution is 0.102. The Morgan fingerprint density at radius 3 is 2.90 bits per heavy atom. The van der Waals surface area contributed by atoms with Crippen molar-refractivity contribution in [3.8, 4) is 0 Å². The molecule has 0 aliphatic heterocycles. The van der Waals surface area contributed by atoms with Crippen LogP contribution < -0.4 is 11.1 Å². The summed E-state index contributed by atoms with van der Waals surface area (Å²) in [6, 6.07) is 5.15. The number of rotatable bonds is 3. The van der Waals surface area contributed by atoms with Gasteiger partial charge in [-0.1, -0.05) is 6.07 Å². The zero-order chi connectivity index (χ0) is 14.8. The van der Waals surface area contributed by atoms with Crippen molar-refractivity contribution in [2.24, 2.45) is 5.73 Å². The molecule has 0 spiro atoms. The molecule has 0 fully saturated rings. The number of hydrogen-bond acceptors (Lipinski definition) is 6. The number of nitrogens with zero attached hydrogens (tertiary/aromatic N) is 3. The number of para-hydroxylation sites is 1. The zero-order valence-corrected chi connectivity index (χ0v) is 12.1. The van der Waals surface area contributed by atoms with Crippen LogP contribution in [-0.2, 0) is 0 Å². The van der Waals surface area contributed by atoms with Gasteiger partial charge in [-0.15, -0.1) is 11.3 Å². The highest BCUT2D eigenvalue weighted by Gasteiger charge is 2.14. The maximum absolute atomic E-state index is 12.4. The first-order chi connectivity index (χ1) is 10.1. The van der Waals surface area contributed by atoms with E-state index in [1.165, 1.54) is 11.3 Å². The standard InChI is InChI=1S/C14H13N5OS/c1-8(15)11-7-21-14(18-11)19-13(20)9-3-2-4-10-12(9)17-6-5-16-10/h2-8H,15H2,1H3,(H,18,19,20). The highest BCUT2D eigenvalue weighted by atomic mass is 32.1. The molecule has 3 rings (SSSR count). The maximum Gasteiger partial charge on any atom is 0.259 e. The summed E-state index contributed by atoms with van der Waals surface area (Å²) in [5.41, 5.74) is 8.24. The van der Waals surface area contributed by atoms with Crippen LogP contribution in [0.1, 0.15) is 29.0 Å². The van der Waals surface area contributed by atoms with Gasteiger partial charge in [0.25, 0.3) is 5.91 Å². The number of hydrogen-bond donors (Lipinski definition) is 2. The average Bonchev–Trinajstić information content (AvgIpc) is 2.95. The highest BCUT2D eigenvalue weighted by molar-refractivity contribution is 7.14. The van der Waals surface area contributed by atoms with Gasteiger partial charge in [0.05, 0.1) is 16.8 Å². The molecular weight excluding hydrogens is 286 g/mol. The quantitative estimate of drug-likeness (QED) is 0.774. The van der Waals surface area contributed by atoms with Gasteiger partial charge in [0.2, 0.25) is 0 Å². The minimum Gasteiger partial charge on any atom is -0.323 e. The van der Waals surface area contributed by atoms with Crippen molar-refractivity contribution in [1.82, 2.24) is 15.0 Å². The second kappa shape index (κ2) is 5.55. The van der Waals surface area contributed by atoms with E-state index >= 15 is 0 Å². The van der Waals surface area contributed by atoms with Crippen LogP contribution in [-0.4, -0.2) is 20.9 Å². The molecule has 0 radical (unpaired) electrons. The second-order valence-corrected chi connectivity index (χ2v) is 5.41. The SMILES string of the molecule is CC(N)c1csc(NC(=O)c2cccc3nccnc23)n1. The zero-order valence-electron chi connectivity index (χ0n) is 11.3. The van der Waals surface area contributed by atoms with Crippen molar-refractivity contribution in [1.29, 1.82) is 0 Å². The van der Waals surface area contributed by atoms with Crippen molar-refractivity contribution in [3.63, 3.8) is 0 Å². The van der Waals surface area contributed by atoms with E-state index in [4.69, 9.17) is 5.73 Å². The first-order valence-electron chi connectivity index (χ1n) is 6.37. The Hall–Kier alpha value is -2.38. The van der Waals surface area contributed by atoms with Crippen LogP contribution in [0.15, 0.2) is 36.0 Å². The molecular formula is C14H13N5OS. The fourth-order valence-electron chi connectivity index (χ4n) is 1.89. The van der Waals surface area contributed by atoms with E-state index < -0.39 is 0 Å². The van der Waals surface area contributed by atoms with Crippen LogP contribution in [0.25, 0.3) is 11.0 Å². The van der Waals surface area contributed by atoms with Gasteiger partial charge < -0.3 is 5.73 Å². The molecule has 7 heteroatoms. The molecule has 0 aliphatic carbocycles. The number of nitrogens with two attached hydrogens (primary N) is 1. The minimum absolute atomic E-state index is 0.157. The maximum atomic E-state index is 12.4. The number of aromatic nitrogens is 3. The van der Waals surface area contributed by atoms with Gasteiger partial charge in [-0.3, -0.25) is 20.1 Å². The normalized spacial score (nSPS) is 12.3. The number of anilines is 1. The van der Waals surface area contributed by atoms with E-state index in [-0.39, 0.29) is 11.9 Å². The summed E-state index contributed by atoms with van der Waals surface area (Å²) >= 11 is 1.35. The third-order valence-corrected chi connectivity index (χ3v) is 3.73. The Bertz CT molecular complexity index is 793. The summed E-state index contributed by atoms with van der Waals surface area (Å²) < 4.78 is 0. The number of thiazole rings is 1. The molecule has 0 saturated carbocycles. The molecule has 2 aromatic heterocycles. The van der Waals surface area contributed by atoms with Crippen molar-refractivity contribution >= 4 is 33.4 Å². The fourth-order valence-corrected chi connectivity index (χ4v) is 2.70. The molecule has 1 aromatic carbocycles. The van der Waals surface area contributed by atoms with Gasteiger partial charge in [0, 0.05) is 23.8 Å². The van der Waals surface area contributed by atoms with E-state index in [0.717, 1.165) is 5.69 Å². The first-order valence-corrected chi connectivity index (χ1v) is 7.25. The van der Waals surface area contributed by atoms with E-state index in [9.17, 15) is 4.79 Å². The van der Waals surface area contributed by atoms with Crippen molar-refractivity contribution in [2.75, 3.05) is 5.32 Å². The smallest absolute Gasteiger partial charge is 0.259 e. The minimum atomic E-state index is -0.258. The van der Waals surface area contributed by atoms with Gasteiger partial charge in [-0.05, 0) is 19.1 Å². The summed E-state index contributed by atoms with van der Waals surface area (Å²) in [4.78, 5) is 25.0. The number of fused-ring (bicyclic) bond motifs is 1. The monoisotopic (exact) mass is 299 g/mol. The van der Waals surface area contributed by atoms with E-state index in [1.807, 2.05) is 18.4 Å². The van der Waals surface area contributed by atoms with E-state index in [0.29, 0.717) is 21.7 Å². The summed E-state index contributed by atoms with van der Waals surface area (Å²) in [6.07, 6.45) is 3.16. The Kier molecular flexibility index (Phi) is 3.59. The Morgan fingerprint density at radius 1 is 1.33 bits per heavy atom. The average molecular weight is 299 g/mol. The first kappa shape index (κ1) is 13.6. The molecule has 0 bridgehead atoms. The van der Waals surface area contributed by atoms with Crippen LogP contribution in [0, 0.1) is 0 Å². The van der Waals surface area contributed by atoms with Gasteiger partial charge in [-0.2, -0.15) is 0 Å². The highest BCUT2D eigenvalue weighted by Crippen LogP contribution is 2.21. The van der Waals surface area contributed by atoms with Crippen molar-refractivity contribution in [3.05, 3.63) is 47.2 Å². The predicted molar refractivity (Wildman–Crippen MR) is 82.2 cm³/mol. The van der Waals surface area contributed by atoms with Crippen molar-refractivity contribution < 1.29 is 4.79 Å². The van der Waals surface area contributed by atoms with Gasteiger partial charge >= 0.3 is 0 Å². The third kappa shape index (κ3) is 2.74. The number of carbonyl (C=O) groups excluding carboxylic acids is 1. The Morgan fingerprint density at radius 2 is 2.14 bits per heavy atom. The third-order valence-electron chi connectivity index (χ3n) is 2.95. The molecule has 1 amide bonds. The van der Waals surface area contributed by atoms with E-state index in [2.05, 4.69) is 20.3 Å². The molecule has 3 aromatic rings. The van der Waals surface area contributed by atoms with Crippen molar-refractivity contribution in [2.45, 2.75) is 13.0 Å². The molecule has 106 valence electrons. The molecule has 0 saturated heterocycles. The Labute approximate surface area is 125 Å². The summed E-state index contributed by atoms with van der Waals surface area (Å²) in [5, 5.41) is 5.13. The summed E-state index contributed by atoms with van der Waals surface area (Å²) in [5.74, 6) is -0.258. The molecule has 21 heavy (non-hydrogen) atoms. The van der Waals surface area contributed by atoms with Gasteiger partial charge in [0.1, 0.15) is 5.52 Å². The molecule has 0 aliphatic rings. The van der Waals surface area contributed by atoms with Gasteiger partial charge in [0.15, 0.2) is 5.13 Å². The molecule has 1 unspecified atom stereocenters. The largest absolute Gasteiger partial charge is 0.323 e. The van der Waals surface area contributed by atoms with Crippen LogP contribution in [0.2, 0.25) is 0 Å².